The van der Waals surface area contributed by atoms with Crippen molar-refractivity contribution in [2.75, 3.05) is 5.32 Å². The van der Waals surface area contributed by atoms with Gasteiger partial charge in [0.2, 0.25) is 5.82 Å². The normalized spacial score (nSPS) is 10.8. The van der Waals surface area contributed by atoms with Gasteiger partial charge >= 0.3 is 0 Å². The predicted octanol–water partition coefficient (Wildman–Crippen LogP) is 4.01. The summed E-state index contributed by atoms with van der Waals surface area (Å²) in [6.45, 7) is 0.695. The van der Waals surface area contributed by atoms with E-state index in [4.69, 9.17) is 4.52 Å². The van der Waals surface area contributed by atoms with Crippen molar-refractivity contribution in [3.8, 4) is 23.0 Å². The van der Waals surface area contributed by atoms with E-state index < -0.39 is 0 Å². The molecular weight excluding hydrogens is 341 g/mol. The van der Waals surface area contributed by atoms with E-state index in [-0.39, 0.29) is 11.7 Å². The highest BCUT2D eigenvalue weighted by atomic mass is 32.1. The number of aromatic nitrogens is 4. The van der Waals surface area contributed by atoms with Crippen LogP contribution in [0, 0.1) is 5.82 Å². The molecule has 0 aliphatic heterocycles. The molecule has 3 aromatic heterocycles. The first-order chi connectivity index (χ1) is 12.3. The van der Waals surface area contributed by atoms with Crippen LogP contribution in [0.4, 0.5) is 10.2 Å². The monoisotopic (exact) mass is 353 g/mol. The van der Waals surface area contributed by atoms with Gasteiger partial charge in [0.05, 0.1) is 6.54 Å². The van der Waals surface area contributed by atoms with Crippen LogP contribution in [0.15, 0.2) is 58.4 Å². The van der Waals surface area contributed by atoms with Crippen molar-refractivity contribution in [1.29, 1.82) is 0 Å². The average Bonchev–Trinajstić information content (AvgIpc) is 3.33. The van der Waals surface area contributed by atoms with Gasteiger partial charge in [0.15, 0.2) is 5.69 Å². The number of rotatable bonds is 5. The molecule has 4 rings (SSSR count). The summed E-state index contributed by atoms with van der Waals surface area (Å²) in [5.41, 5.74) is 1.14. The largest absolute Gasteiger partial charge is 0.364 e. The number of benzene rings is 1. The molecule has 6 nitrogen and oxygen atoms in total. The fourth-order valence-electron chi connectivity index (χ4n) is 2.18. The molecule has 0 bridgehead atoms. The fourth-order valence-corrected chi connectivity index (χ4v) is 2.82. The minimum Gasteiger partial charge on any atom is -0.364 e. The molecule has 0 saturated heterocycles. The van der Waals surface area contributed by atoms with E-state index in [1.807, 2.05) is 11.4 Å². The van der Waals surface area contributed by atoms with Crippen LogP contribution in [0.3, 0.4) is 0 Å². The van der Waals surface area contributed by atoms with Crippen molar-refractivity contribution in [1.82, 2.24) is 20.3 Å². The fraction of sp³-hybridized carbons (Fsp3) is 0.0588. The number of nitrogens with one attached hydrogen (secondary N) is 1. The Morgan fingerprint density at radius 3 is 2.64 bits per heavy atom. The van der Waals surface area contributed by atoms with Crippen molar-refractivity contribution in [2.45, 2.75) is 6.54 Å². The molecule has 3 heterocycles. The molecule has 25 heavy (non-hydrogen) atoms. The number of anilines is 1. The molecule has 124 valence electrons. The predicted molar refractivity (Wildman–Crippen MR) is 92.4 cm³/mol. The minimum absolute atomic E-state index is 0.261. The van der Waals surface area contributed by atoms with Crippen LogP contribution in [-0.4, -0.2) is 20.3 Å². The molecule has 4 aromatic rings. The zero-order valence-electron chi connectivity index (χ0n) is 12.9. The Hall–Kier alpha value is -3.13. The van der Waals surface area contributed by atoms with Crippen molar-refractivity contribution >= 4 is 17.2 Å². The maximum atomic E-state index is 13.0. The van der Waals surface area contributed by atoms with Gasteiger partial charge in [-0.2, -0.15) is 4.98 Å². The van der Waals surface area contributed by atoms with Gasteiger partial charge in [-0.1, -0.05) is 11.2 Å². The van der Waals surface area contributed by atoms with Gasteiger partial charge < -0.3 is 9.84 Å². The van der Waals surface area contributed by atoms with E-state index in [9.17, 15) is 4.39 Å². The molecule has 0 fully saturated rings. The highest BCUT2D eigenvalue weighted by Crippen LogP contribution is 2.21. The summed E-state index contributed by atoms with van der Waals surface area (Å²) in [6, 6.07) is 13.5. The molecule has 0 spiro atoms. The average molecular weight is 353 g/mol. The Bertz CT molecular complexity index is 952. The van der Waals surface area contributed by atoms with Crippen LogP contribution in [0.5, 0.6) is 0 Å². The molecule has 0 unspecified atom stereocenters. The lowest BCUT2D eigenvalue weighted by molar-refractivity contribution is 0.430. The number of thiophene rings is 1. The summed E-state index contributed by atoms with van der Waals surface area (Å²) in [6.07, 6.45) is 0. The van der Waals surface area contributed by atoms with Crippen LogP contribution in [0.1, 0.15) is 4.88 Å². The maximum Gasteiger partial charge on any atom is 0.278 e. The second-order valence-corrected chi connectivity index (χ2v) is 6.20. The smallest absolute Gasteiger partial charge is 0.278 e. The molecule has 0 aliphatic carbocycles. The third-order valence-corrected chi connectivity index (χ3v) is 4.31. The van der Waals surface area contributed by atoms with E-state index in [0.717, 1.165) is 0 Å². The van der Waals surface area contributed by atoms with Gasteiger partial charge in [-0.15, -0.1) is 21.5 Å². The quantitative estimate of drug-likeness (QED) is 0.584. The summed E-state index contributed by atoms with van der Waals surface area (Å²) >= 11 is 1.68. The van der Waals surface area contributed by atoms with Crippen LogP contribution < -0.4 is 5.32 Å². The van der Waals surface area contributed by atoms with Crippen molar-refractivity contribution in [3.05, 3.63) is 64.6 Å². The number of hydrogen-bond acceptors (Lipinski definition) is 7. The molecule has 0 aliphatic rings. The second-order valence-electron chi connectivity index (χ2n) is 5.17. The molecular formula is C17H12FN5OS. The molecule has 1 aromatic carbocycles. The molecule has 0 saturated carbocycles. The first-order valence-electron chi connectivity index (χ1n) is 7.48. The zero-order valence-corrected chi connectivity index (χ0v) is 13.7. The van der Waals surface area contributed by atoms with Crippen LogP contribution >= 0.6 is 11.3 Å². The summed E-state index contributed by atoms with van der Waals surface area (Å²) in [4.78, 5) is 5.49. The standard InChI is InChI=1S/C17H12FN5OS/c18-12-5-3-11(4-6-12)16-20-17(24-23-16)14-7-8-15(22-21-14)19-10-13-2-1-9-25-13/h1-9H,10H2,(H,19,22). The number of nitrogens with zero attached hydrogens (tertiary/aromatic N) is 4. The lowest BCUT2D eigenvalue weighted by atomic mass is 10.2. The Labute approximate surface area is 146 Å². The highest BCUT2D eigenvalue weighted by Gasteiger charge is 2.12. The Kier molecular flexibility index (Phi) is 4.17. The first-order valence-corrected chi connectivity index (χ1v) is 8.36. The van der Waals surface area contributed by atoms with E-state index >= 15 is 0 Å². The summed E-state index contributed by atoms with van der Waals surface area (Å²) in [7, 11) is 0. The Morgan fingerprint density at radius 1 is 1.04 bits per heavy atom. The highest BCUT2D eigenvalue weighted by molar-refractivity contribution is 7.09. The van der Waals surface area contributed by atoms with E-state index in [1.54, 1.807) is 35.6 Å². The SMILES string of the molecule is Fc1ccc(-c2noc(-c3ccc(NCc4cccs4)nn3)n2)cc1. The third kappa shape index (κ3) is 3.53. The van der Waals surface area contributed by atoms with Crippen molar-refractivity contribution < 1.29 is 8.91 Å². The van der Waals surface area contributed by atoms with Gasteiger partial charge in [-0.3, -0.25) is 0 Å². The number of halogens is 1. The van der Waals surface area contributed by atoms with Crippen LogP contribution in [0.25, 0.3) is 23.0 Å². The lowest BCUT2D eigenvalue weighted by Crippen LogP contribution is -2.01. The summed E-state index contributed by atoms with van der Waals surface area (Å²) in [5.74, 6) is 0.979. The Morgan fingerprint density at radius 2 is 1.92 bits per heavy atom. The van der Waals surface area contributed by atoms with Gasteiger partial charge in [0.25, 0.3) is 5.89 Å². The lowest BCUT2D eigenvalue weighted by Gasteiger charge is -2.02. The van der Waals surface area contributed by atoms with E-state index in [0.29, 0.717) is 29.4 Å². The molecule has 1 N–H and O–H groups in total. The van der Waals surface area contributed by atoms with Crippen molar-refractivity contribution in [3.63, 3.8) is 0 Å². The third-order valence-electron chi connectivity index (χ3n) is 3.44. The first kappa shape index (κ1) is 15.4. The maximum absolute atomic E-state index is 13.0. The van der Waals surface area contributed by atoms with Crippen LogP contribution in [0.2, 0.25) is 0 Å². The van der Waals surface area contributed by atoms with Gasteiger partial charge in [0.1, 0.15) is 11.6 Å². The molecule has 0 amide bonds. The summed E-state index contributed by atoms with van der Waals surface area (Å²) in [5, 5.41) is 17.3. The summed E-state index contributed by atoms with van der Waals surface area (Å²) < 4.78 is 18.2. The van der Waals surface area contributed by atoms with Gasteiger partial charge in [-0.25, -0.2) is 4.39 Å². The molecule has 8 heteroatoms. The topological polar surface area (TPSA) is 76.7 Å². The van der Waals surface area contributed by atoms with Gasteiger partial charge in [0, 0.05) is 10.4 Å². The Balaban J connectivity index is 1.47. The molecule has 0 atom stereocenters. The number of hydrogen-bond donors (Lipinski definition) is 1. The van der Waals surface area contributed by atoms with Crippen LogP contribution in [-0.2, 0) is 6.54 Å². The van der Waals surface area contributed by atoms with E-state index in [2.05, 4.69) is 31.7 Å². The van der Waals surface area contributed by atoms with Crippen molar-refractivity contribution in [2.24, 2.45) is 0 Å². The second kappa shape index (κ2) is 6.78. The minimum atomic E-state index is -0.316. The van der Waals surface area contributed by atoms with Gasteiger partial charge in [-0.05, 0) is 47.8 Å². The zero-order chi connectivity index (χ0) is 17.1. The molecule has 0 radical (unpaired) electrons. The van der Waals surface area contributed by atoms with E-state index in [1.165, 1.54) is 17.0 Å².